The first-order valence-corrected chi connectivity index (χ1v) is 6.43. The van der Waals surface area contributed by atoms with Crippen LogP contribution in [-0.4, -0.2) is 50.6 Å². The van der Waals surface area contributed by atoms with Crippen LogP contribution in [0.4, 0.5) is 0 Å². The van der Waals surface area contributed by atoms with Crippen molar-refractivity contribution in [3.8, 4) is 0 Å². The summed E-state index contributed by atoms with van der Waals surface area (Å²) >= 11 is 0. The first kappa shape index (κ1) is 12.1. The fourth-order valence-electron chi connectivity index (χ4n) is 1.46. The van der Waals surface area contributed by atoms with E-state index in [9.17, 15) is 13.2 Å². The summed E-state index contributed by atoms with van der Waals surface area (Å²) in [6.07, 6.45) is -0.505. The normalized spacial score (nSPS) is 16.9. The standard InChI is InChI=1S/C9H12N2O5S/c1-10-17(14,15)8-3-2-7(16-8)9(13)11-4-6(12)5-11/h2-3,6,10,12H,4-5H2,1H3. The van der Waals surface area contributed by atoms with Gasteiger partial charge in [0.1, 0.15) is 0 Å². The van der Waals surface area contributed by atoms with E-state index >= 15 is 0 Å². The molecule has 0 radical (unpaired) electrons. The number of aliphatic hydroxyl groups is 1. The topological polar surface area (TPSA) is 99.9 Å². The zero-order chi connectivity index (χ0) is 12.6. The van der Waals surface area contributed by atoms with Gasteiger partial charge >= 0.3 is 0 Å². The summed E-state index contributed by atoms with van der Waals surface area (Å²) in [5.74, 6) is -0.474. The lowest BCUT2D eigenvalue weighted by Crippen LogP contribution is -2.53. The number of hydrogen-bond donors (Lipinski definition) is 2. The van der Waals surface area contributed by atoms with Crippen LogP contribution in [0.2, 0.25) is 0 Å². The number of rotatable bonds is 3. The molecule has 0 aliphatic carbocycles. The molecule has 0 aromatic carbocycles. The number of likely N-dealkylation sites (tertiary alicyclic amines) is 1. The molecule has 0 bridgehead atoms. The Hall–Kier alpha value is -1.38. The summed E-state index contributed by atoms with van der Waals surface area (Å²) in [4.78, 5) is 13.1. The van der Waals surface area contributed by atoms with Crippen molar-refractivity contribution in [3.63, 3.8) is 0 Å². The average Bonchev–Trinajstić information content (AvgIpc) is 2.73. The van der Waals surface area contributed by atoms with E-state index in [0.29, 0.717) is 0 Å². The van der Waals surface area contributed by atoms with Crippen LogP contribution in [0.5, 0.6) is 0 Å². The molecule has 2 heterocycles. The van der Waals surface area contributed by atoms with E-state index in [0.717, 1.165) is 0 Å². The van der Waals surface area contributed by atoms with Crippen molar-refractivity contribution in [2.24, 2.45) is 0 Å². The molecule has 1 fully saturated rings. The van der Waals surface area contributed by atoms with Crippen LogP contribution >= 0.6 is 0 Å². The Bertz CT molecular complexity index is 529. The molecule has 94 valence electrons. The molecule has 1 aromatic heterocycles. The number of furan rings is 1. The summed E-state index contributed by atoms with van der Waals surface area (Å²) in [6.45, 7) is 0.487. The van der Waals surface area contributed by atoms with Crippen LogP contribution in [0.1, 0.15) is 10.6 Å². The van der Waals surface area contributed by atoms with E-state index in [1.165, 1.54) is 24.1 Å². The molecular weight excluding hydrogens is 248 g/mol. The molecule has 8 heteroatoms. The molecule has 17 heavy (non-hydrogen) atoms. The number of sulfonamides is 1. The van der Waals surface area contributed by atoms with Gasteiger partial charge in [0.15, 0.2) is 5.76 Å². The quantitative estimate of drug-likeness (QED) is 0.726. The maximum Gasteiger partial charge on any atom is 0.289 e. The van der Waals surface area contributed by atoms with Crippen molar-refractivity contribution < 1.29 is 22.7 Å². The van der Waals surface area contributed by atoms with Gasteiger partial charge in [-0.05, 0) is 19.2 Å². The Morgan fingerprint density at radius 2 is 2.18 bits per heavy atom. The van der Waals surface area contributed by atoms with Crippen LogP contribution in [0.25, 0.3) is 0 Å². The molecule has 2 rings (SSSR count). The summed E-state index contributed by atoms with van der Waals surface area (Å²) in [5.41, 5.74) is 0. The van der Waals surface area contributed by atoms with Gasteiger partial charge in [-0.1, -0.05) is 0 Å². The van der Waals surface area contributed by atoms with Gasteiger partial charge in [-0.2, -0.15) is 0 Å². The highest BCUT2D eigenvalue weighted by Crippen LogP contribution is 2.18. The Morgan fingerprint density at radius 1 is 1.53 bits per heavy atom. The highest BCUT2D eigenvalue weighted by molar-refractivity contribution is 7.89. The van der Waals surface area contributed by atoms with Gasteiger partial charge in [0, 0.05) is 13.1 Å². The van der Waals surface area contributed by atoms with Crippen molar-refractivity contribution in [2.75, 3.05) is 20.1 Å². The number of amides is 1. The molecule has 1 saturated heterocycles. The Balaban J connectivity index is 2.16. The number of β-amino-alcohol motifs (C(OH)–C–C–N with tert-alkyl or cyclic N) is 1. The Morgan fingerprint density at radius 3 is 2.71 bits per heavy atom. The van der Waals surface area contributed by atoms with Crippen molar-refractivity contribution >= 4 is 15.9 Å². The van der Waals surface area contributed by atoms with Crippen LogP contribution in [0, 0.1) is 0 Å². The number of nitrogens with zero attached hydrogens (tertiary/aromatic N) is 1. The molecule has 1 amide bonds. The SMILES string of the molecule is CNS(=O)(=O)c1ccc(C(=O)N2CC(O)C2)o1. The van der Waals surface area contributed by atoms with Gasteiger partial charge in [-0.3, -0.25) is 4.79 Å². The second-order valence-electron chi connectivity index (χ2n) is 3.69. The predicted octanol–water partition coefficient (Wildman–Crippen LogP) is -0.996. The lowest BCUT2D eigenvalue weighted by atomic mass is 10.1. The van der Waals surface area contributed by atoms with E-state index < -0.39 is 22.0 Å². The first-order valence-electron chi connectivity index (χ1n) is 4.95. The highest BCUT2D eigenvalue weighted by Gasteiger charge is 2.31. The highest BCUT2D eigenvalue weighted by atomic mass is 32.2. The minimum absolute atomic E-state index is 0.0503. The molecule has 1 aromatic rings. The van der Waals surface area contributed by atoms with Crippen molar-refractivity contribution in [3.05, 3.63) is 17.9 Å². The predicted molar refractivity (Wildman–Crippen MR) is 56.9 cm³/mol. The average molecular weight is 260 g/mol. The largest absolute Gasteiger partial charge is 0.438 e. The molecule has 7 nitrogen and oxygen atoms in total. The molecule has 0 saturated carbocycles. The van der Waals surface area contributed by atoms with Crippen molar-refractivity contribution in [1.82, 2.24) is 9.62 Å². The minimum atomic E-state index is -3.67. The van der Waals surface area contributed by atoms with Crippen LogP contribution in [-0.2, 0) is 10.0 Å². The lowest BCUT2D eigenvalue weighted by molar-refractivity contribution is 0.00362. The van der Waals surface area contributed by atoms with Gasteiger partial charge in [0.05, 0.1) is 6.10 Å². The molecule has 0 spiro atoms. The van der Waals surface area contributed by atoms with Crippen molar-refractivity contribution in [1.29, 1.82) is 0 Å². The monoisotopic (exact) mass is 260 g/mol. The number of aliphatic hydroxyl groups excluding tert-OH is 1. The summed E-state index contributed by atoms with van der Waals surface area (Å²) < 4.78 is 29.8. The van der Waals surface area contributed by atoms with Crippen molar-refractivity contribution in [2.45, 2.75) is 11.2 Å². The number of nitrogens with one attached hydrogen (secondary N) is 1. The van der Waals surface area contributed by atoms with Gasteiger partial charge in [0.25, 0.3) is 15.9 Å². The maximum absolute atomic E-state index is 11.7. The molecule has 1 aliphatic heterocycles. The molecular formula is C9H12N2O5S. The third-order valence-corrected chi connectivity index (χ3v) is 3.76. The van der Waals surface area contributed by atoms with Gasteiger partial charge in [0.2, 0.25) is 5.09 Å². The van der Waals surface area contributed by atoms with Crippen LogP contribution in [0.3, 0.4) is 0 Å². The van der Waals surface area contributed by atoms with Gasteiger partial charge in [-0.25, -0.2) is 13.1 Å². The molecule has 1 aliphatic rings. The van der Waals surface area contributed by atoms with Gasteiger partial charge in [-0.15, -0.1) is 0 Å². The number of hydrogen-bond acceptors (Lipinski definition) is 5. The van der Waals surface area contributed by atoms with Crippen LogP contribution < -0.4 is 4.72 Å². The lowest BCUT2D eigenvalue weighted by Gasteiger charge is -2.35. The first-order chi connectivity index (χ1) is 7.94. The molecule has 2 N–H and O–H groups in total. The third kappa shape index (κ3) is 2.19. The smallest absolute Gasteiger partial charge is 0.289 e. The van der Waals surface area contributed by atoms with E-state index in [-0.39, 0.29) is 23.9 Å². The third-order valence-electron chi connectivity index (χ3n) is 2.48. The summed E-state index contributed by atoms with van der Waals surface area (Å²) in [5, 5.41) is 8.75. The number of carbonyl (C=O) groups is 1. The Kier molecular flexibility index (Phi) is 2.94. The van der Waals surface area contributed by atoms with E-state index in [1.807, 2.05) is 0 Å². The maximum atomic E-state index is 11.7. The Labute approximate surface area is 98.1 Å². The second-order valence-corrected chi connectivity index (χ2v) is 5.51. The second kappa shape index (κ2) is 4.13. The summed E-state index contributed by atoms with van der Waals surface area (Å²) in [6, 6.07) is 2.52. The van der Waals surface area contributed by atoms with E-state index in [1.54, 1.807) is 0 Å². The fourth-order valence-corrected chi connectivity index (χ4v) is 2.10. The van der Waals surface area contributed by atoms with Crippen LogP contribution in [0.15, 0.2) is 21.6 Å². The van der Waals surface area contributed by atoms with Gasteiger partial charge < -0.3 is 14.4 Å². The van der Waals surface area contributed by atoms with E-state index in [4.69, 9.17) is 9.52 Å². The fraction of sp³-hybridized carbons (Fsp3) is 0.444. The van der Waals surface area contributed by atoms with E-state index in [2.05, 4.69) is 4.72 Å². The zero-order valence-electron chi connectivity index (χ0n) is 9.08. The minimum Gasteiger partial charge on any atom is -0.438 e. The molecule has 0 unspecified atom stereocenters. The zero-order valence-corrected chi connectivity index (χ0v) is 9.90. The number of carbonyl (C=O) groups excluding carboxylic acids is 1. The summed E-state index contributed by atoms with van der Waals surface area (Å²) in [7, 11) is -2.42. The molecule has 0 atom stereocenters.